The summed E-state index contributed by atoms with van der Waals surface area (Å²) in [5.41, 5.74) is 5.18. The number of piperidine rings is 1. The molecule has 36 heavy (non-hydrogen) atoms. The zero-order valence-electron chi connectivity index (χ0n) is 21.2. The van der Waals surface area contributed by atoms with Gasteiger partial charge in [0.25, 0.3) is 5.91 Å². The summed E-state index contributed by atoms with van der Waals surface area (Å²) in [6, 6.07) is 11.4. The first-order chi connectivity index (χ1) is 17.4. The van der Waals surface area contributed by atoms with Crippen LogP contribution in [0.1, 0.15) is 60.9 Å². The second kappa shape index (κ2) is 10.3. The van der Waals surface area contributed by atoms with Crippen molar-refractivity contribution in [2.45, 2.75) is 58.5 Å². The molecule has 0 spiro atoms. The van der Waals surface area contributed by atoms with E-state index in [0.717, 1.165) is 35.2 Å². The van der Waals surface area contributed by atoms with Crippen LogP contribution in [0.25, 0.3) is 0 Å². The second-order valence-corrected chi connectivity index (χ2v) is 9.67. The highest BCUT2D eigenvalue weighted by molar-refractivity contribution is 6.04. The summed E-state index contributed by atoms with van der Waals surface area (Å²) in [5.74, 6) is 1.00. The molecule has 190 valence electrons. The summed E-state index contributed by atoms with van der Waals surface area (Å²) in [4.78, 5) is 28.3. The smallest absolute Gasteiger partial charge is 0.323 e. The first kappa shape index (κ1) is 24.3. The third kappa shape index (κ3) is 4.82. The van der Waals surface area contributed by atoms with Crippen LogP contribution >= 0.6 is 0 Å². The number of nitrogens with zero attached hydrogens (tertiary/aromatic N) is 3. The number of aryl methyl sites for hydroxylation is 2. The third-order valence-corrected chi connectivity index (χ3v) is 7.15. The molecule has 0 bridgehead atoms. The van der Waals surface area contributed by atoms with Crippen molar-refractivity contribution < 1.29 is 23.8 Å². The van der Waals surface area contributed by atoms with Crippen LogP contribution in [0.2, 0.25) is 0 Å². The first-order valence-electron chi connectivity index (χ1n) is 12.7. The van der Waals surface area contributed by atoms with Crippen LogP contribution in [0.5, 0.6) is 11.5 Å². The monoisotopic (exact) mass is 491 g/mol. The number of likely N-dealkylation sites (tertiary alicyclic amines) is 1. The number of ether oxygens (including phenoxy) is 3. The Kier molecular flexibility index (Phi) is 6.96. The normalized spacial score (nSPS) is 21.4. The van der Waals surface area contributed by atoms with Gasteiger partial charge in [-0.05, 0) is 63.4 Å². The number of fused-ring (bicyclic) bond motifs is 1. The van der Waals surface area contributed by atoms with Crippen LogP contribution in [0, 0.1) is 13.8 Å². The van der Waals surface area contributed by atoms with E-state index < -0.39 is 6.04 Å². The zero-order valence-corrected chi connectivity index (χ0v) is 21.2. The highest BCUT2D eigenvalue weighted by atomic mass is 16.7. The Morgan fingerprint density at radius 2 is 1.92 bits per heavy atom. The van der Waals surface area contributed by atoms with Crippen molar-refractivity contribution in [1.82, 2.24) is 9.91 Å². The Morgan fingerprint density at radius 3 is 2.72 bits per heavy atom. The molecule has 0 aromatic heterocycles. The van der Waals surface area contributed by atoms with Gasteiger partial charge < -0.3 is 14.2 Å². The molecule has 0 saturated carbocycles. The summed E-state index contributed by atoms with van der Waals surface area (Å²) in [6.45, 7) is 7.28. The van der Waals surface area contributed by atoms with E-state index >= 15 is 0 Å². The maximum atomic E-state index is 13.7. The molecule has 0 unspecified atom stereocenters. The highest BCUT2D eigenvalue weighted by Crippen LogP contribution is 2.39. The summed E-state index contributed by atoms with van der Waals surface area (Å²) >= 11 is 0. The average Bonchev–Trinajstić information content (AvgIpc) is 3.51. The van der Waals surface area contributed by atoms with E-state index in [1.165, 1.54) is 5.56 Å². The molecule has 2 aromatic rings. The number of benzene rings is 2. The Labute approximate surface area is 211 Å². The molecule has 0 aliphatic carbocycles. The van der Waals surface area contributed by atoms with Crippen molar-refractivity contribution in [1.29, 1.82) is 0 Å². The number of rotatable bonds is 6. The molecule has 0 N–H and O–H groups in total. The maximum absolute atomic E-state index is 13.7. The number of carbonyl (C=O) groups is 2. The molecule has 5 rings (SSSR count). The number of carbonyl (C=O) groups excluding carboxylic acids is 2. The minimum absolute atomic E-state index is 0.119. The molecule has 1 saturated heterocycles. The fourth-order valence-electron chi connectivity index (χ4n) is 5.35. The molecule has 8 heteroatoms. The number of hydrogen-bond acceptors (Lipinski definition) is 7. The molecular weight excluding hydrogens is 458 g/mol. The Morgan fingerprint density at radius 1 is 1.08 bits per heavy atom. The summed E-state index contributed by atoms with van der Waals surface area (Å²) in [5, 5.41) is 6.46. The molecule has 3 heterocycles. The van der Waals surface area contributed by atoms with E-state index in [9.17, 15) is 9.59 Å². The van der Waals surface area contributed by atoms with Crippen LogP contribution in [0.3, 0.4) is 0 Å². The zero-order chi connectivity index (χ0) is 25.2. The maximum Gasteiger partial charge on any atom is 0.323 e. The lowest BCUT2D eigenvalue weighted by molar-refractivity contribution is -0.152. The van der Waals surface area contributed by atoms with E-state index in [0.29, 0.717) is 37.5 Å². The van der Waals surface area contributed by atoms with Crippen molar-refractivity contribution in [2.24, 2.45) is 5.10 Å². The molecule has 3 aliphatic rings. The minimum atomic E-state index is -0.392. The van der Waals surface area contributed by atoms with Crippen molar-refractivity contribution in [2.75, 3.05) is 26.5 Å². The van der Waals surface area contributed by atoms with Gasteiger partial charge in [0.15, 0.2) is 11.5 Å². The van der Waals surface area contributed by atoms with Gasteiger partial charge in [0.1, 0.15) is 6.04 Å². The highest BCUT2D eigenvalue weighted by Gasteiger charge is 2.37. The van der Waals surface area contributed by atoms with Gasteiger partial charge in [-0.15, -0.1) is 0 Å². The Bertz CT molecular complexity index is 1190. The molecule has 1 fully saturated rings. The SMILES string of the molecule is CCOC(=O)[C@@H]1CCCCN1CC(=O)N1N=C(c2ccc(C)cc2C)C[C@H]1c1ccc2c(c1)OCO2. The third-order valence-electron chi connectivity index (χ3n) is 7.15. The van der Waals surface area contributed by atoms with E-state index in [1.54, 1.807) is 11.9 Å². The fraction of sp³-hybridized carbons (Fsp3) is 0.464. The number of hydrogen-bond donors (Lipinski definition) is 0. The quantitative estimate of drug-likeness (QED) is 0.566. The van der Waals surface area contributed by atoms with Crippen LogP contribution in [-0.2, 0) is 14.3 Å². The summed E-state index contributed by atoms with van der Waals surface area (Å²) in [6.07, 6.45) is 3.20. The largest absolute Gasteiger partial charge is 0.465 e. The first-order valence-corrected chi connectivity index (χ1v) is 12.7. The van der Waals surface area contributed by atoms with Crippen LogP contribution < -0.4 is 9.47 Å². The van der Waals surface area contributed by atoms with E-state index in [1.807, 2.05) is 23.1 Å². The standard InChI is InChI=1S/C28H33N3O5/c1-4-34-28(33)23-7-5-6-12-30(23)16-27(32)31-24(20-9-11-25-26(14-20)36-17-35-25)15-22(29-31)21-10-8-18(2)13-19(21)3/h8-11,13-14,23-24H,4-7,12,15-17H2,1-3H3/t23-,24-/m0/s1. The molecule has 2 atom stereocenters. The summed E-state index contributed by atoms with van der Waals surface area (Å²) < 4.78 is 16.4. The molecule has 0 radical (unpaired) electrons. The van der Waals surface area contributed by atoms with Crippen molar-refractivity contribution in [3.05, 3.63) is 58.7 Å². The van der Waals surface area contributed by atoms with Crippen molar-refractivity contribution >= 4 is 17.6 Å². The number of hydrazone groups is 1. The Hall–Kier alpha value is -3.39. The number of esters is 1. The van der Waals surface area contributed by atoms with Crippen molar-refractivity contribution in [3.63, 3.8) is 0 Å². The van der Waals surface area contributed by atoms with Gasteiger partial charge in [-0.25, -0.2) is 5.01 Å². The van der Waals surface area contributed by atoms with Gasteiger partial charge in [-0.1, -0.05) is 36.2 Å². The minimum Gasteiger partial charge on any atom is -0.465 e. The predicted octanol–water partition coefficient (Wildman–Crippen LogP) is 4.13. The lowest BCUT2D eigenvalue weighted by Gasteiger charge is -2.34. The lowest BCUT2D eigenvalue weighted by Crippen LogP contribution is -2.49. The average molecular weight is 492 g/mol. The van der Waals surface area contributed by atoms with Crippen molar-refractivity contribution in [3.8, 4) is 11.5 Å². The fourth-order valence-corrected chi connectivity index (χ4v) is 5.35. The van der Waals surface area contributed by atoms with Gasteiger partial charge in [0.05, 0.1) is 24.9 Å². The van der Waals surface area contributed by atoms with Crippen LogP contribution in [-0.4, -0.2) is 60.0 Å². The lowest BCUT2D eigenvalue weighted by atomic mass is 9.95. The second-order valence-electron chi connectivity index (χ2n) is 9.67. The van der Waals surface area contributed by atoms with Gasteiger partial charge in [-0.3, -0.25) is 14.5 Å². The van der Waals surface area contributed by atoms with Gasteiger partial charge >= 0.3 is 5.97 Å². The van der Waals surface area contributed by atoms with Gasteiger partial charge in [0.2, 0.25) is 6.79 Å². The van der Waals surface area contributed by atoms with E-state index in [4.69, 9.17) is 19.3 Å². The molecule has 8 nitrogen and oxygen atoms in total. The molecule has 2 aromatic carbocycles. The van der Waals surface area contributed by atoms with Crippen LogP contribution in [0.4, 0.5) is 0 Å². The Balaban J connectivity index is 1.44. The van der Waals surface area contributed by atoms with E-state index in [-0.39, 0.29) is 31.3 Å². The van der Waals surface area contributed by atoms with Gasteiger partial charge in [-0.2, -0.15) is 5.10 Å². The molecule has 1 amide bonds. The molecular formula is C28H33N3O5. The summed E-state index contributed by atoms with van der Waals surface area (Å²) in [7, 11) is 0. The predicted molar refractivity (Wildman–Crippen MR) is 135 cm³/mol. The van der Waals surface area contributed by atoms with E-state index in [2.05, 4.69) is 32.0 Å². The van der Waals surface area contributed by atoms with Gasteiger partial charge in [0, 0.05) is 12.0 Å². The topological polar surface area (TPSA) is 80.7 Å². The van der Waals surface area contributed by atoms with Crippen LogP contribution in [0.15, 0.2) is 41.5 Å². The molecule has 3 aliphatic heterocycles. The number of amides is 1.